The number of hydrogen-bond donors (Lipinski definition) is 1. The summed E-state index contributed by atoms with van der Waals surface area (Å²) in [5.74, 6) is 3.99. The highest BCUT2D eigenvalue weighted by Gasteiger charge is 2.50. The lowest BCUT2D eigenvalue weighted by Gasteiger charge is -2.53. The van der Waals surface area contributed by atoms with Crippen LogP contribution in [0.2, 0.25) is 0 Å². The predicted molar refractivity (Wildman–Crippen MR) is 85.2 cm³/mol. The molecule has 4 fully saturated rings. The summed E-state index contributed by atoms with van der Waals surface area (Å²) < 4.78 is 0. The lowest BCUT2D eigenvalue weighted by atomic mass is 9.51. The largest absolute Gasteiger partial charge is 0.326 e. The third kappa shape index (κ3) is 2.38. The summed E-state index contributed by atoms with van der Waals surface area (Å²) in [6, 6.07) is 7.88. The van der Waals surface area contributed by atoms with E-state index in [2.05, 4.69) is 5.32 Å². The molecule has 4 aliphatic rings. The molecule has 0 saturated heterocycles. The molecule has 1 N–H and O–H groups in total. The average Bonchev–Trinajstić information content (AvgIpc) is 2.46. The zero-order chi connectivity index (χ0) is 14.4. The predicted octanol–water partition coefficient (Wildman–Crippen LogP) is 4.44. The van der Waals surface area contributed by atoms with Gasteiger partial charge < -0.3 is 5.32 Å². The Bertz CT molecular complexity index is 528. The summed E-state index contributed by atoms with van der Waals surface area (Å²) in [7, 11) is 0. The molecule has 112 valence electrons. The summed E-state index contributed by atoms with van der Waals surface area (Å²) in [4.78, 5) is 12.8. The van der Waals surface area contributed by atoms with Gasteiger partial charge in [-0.3, -0.25) is 4.79 Å². The Kier molecular flexibility index (Phi) is 3.45. The normalized spacial score (nSPS) is 36.7. The Morgan fingerprint density at radius 3 is 2.29 bits per heavy atom. The van der Waals surface area contributed by atoms with Crippen LogP contribution in [-0.2, 0) is 10.7 Å². The van der Waals surface area contributed by atoms with E-state index in [0.717, 1.165) is 23.1 Å². The summed E-state index contributed by atoms with van der Waals surface area (Å²) in [6.45, 7) is 0. The SMILES string of the molecule is O=C(Nc1ccccc1CCl)C1C2CC3CC(C2)CC1C3. The van der Waals surface area contributed by atoms with Crippen LogP contribution >= 0.6 is 11.6 Å². The fourth-order valence-corrected chi connectivity index (χ4v) is 5.56. The van der Waals surface area contributed by atoms with Gasteiger partial charge in [0.25, 0.3) is 0 Å². The third-order valence-corrected chi connectivity index (χ3v) is 6.24. The minimum absolute atomic E-state index is 0.237. The number of carbonyl (C=O) groups is 1. The van der Waals surface area contributed by atoms with Crippen molar-refractivity contribution in [1.29, 1.82) is 0 Å². The molecule has 0 atom stereocenters. The molecule has 4 bridgehead atoms. The minimum atomic E-state index is 0.237. The molecule has 0 spiro atoms. The number of para-hydroxylation sites is 1. The van der Waals surface area contributed by atoms with E-state index in [9.17, 15) is 4.79 Å². The van der Waals surface area contributed by atoms with E-state index in [1.165, 1.54) is 32.1 Å². The van der Waals surface area contributed by atoms with Crippen LogP contribution in [0.5, 0.6) is 0 Å². The van der Waals surface area contributed by atoms with E-state index in [-0.39, 0.29) is 11.8 Å². The van der Waals surface area contributed by atoms with E-state index in [1.54, 1.807) is 0 Å². The standard InChI is InChI=1S/C18H22ClNO/c19-10-13-3-1-2-4-16(13)20-18(21)17-14-6-11-5-12(8-14)9-15(17)7-11/h1-4,11-12,14-15,17H,5-10H2,(H,20,21). The lowest BCUT2D eigenvalue weighted by Crippen LogP contribution is -2.49. The first kappa shape index (κ1) is 13.6. The molecule has 0 unspecified atom stereocenters. The Hall–Kier alpha value is -1.02. The number of anilines is 1. The fourth-order valence-electron chi connectivity index (χ4n) is 5.33. The second kappa shape index (κ2) is 5.31. The first-order valence-corrected chi connectivity index (χ1v) is 8.72. The topological polar surface area (TPSA) is 29.1 Å². The van der Waals surface area contributed by atoms with Crippen molar-refractivity contribution in [3.8, 4) is 0 Å². The lowest BCUT2D eigenvalue weighted by molar-refractivity contribution is -0.132. The van der Waals surface area contributed by atoms with E-state index < -0.39 is 0 Å². The zero-order valence-electron chi connectivity index (χ0n) is 12.2. The van der Waals surface area contributed by atoms with Crippen molar-refractivity contribution in [1.82, 2.24) is 0 Å². The van der Waals surface area contributed by atoms with Crippen LogP contribution in [0.25, 0.3) is 0 Å². The second-order valence-electron chi connectivity index (χ2n) is 7.24. The minimum Gasteiger partial charge on any atom is -0.326 e. The van der Waals surface area contributed by atoms with Gasteiger partial charge in [-0.05, 0) is 67.4 Å². The average molecular weight is 304 g/mol. The molecule has 3 heteroatoms. The van der Waals surface area contributed by atoms with Crippen LogP contribution in [0, 0.1) is 29.6 Å². The van der Waals surface area contributed by atoms with Crippen LogP contribution in [0.3, 0.4) is 0 Å². The molecule has 2 nitrogen and oxygen atoms in total. The van der Waals surface area contributed by atoms with Crippen molar-refractivity contribution in [3.63, 3.8) is 0 Å². The van der Waals surface area contributed by atoms with E-state index >= 15 is 0 Å². The maximum absolute atomic E-state index is 12.8. The first-order valence-electron chi connectivity index (χ1n) is 8.19. The second-order valence-corrected chi connectivity index (χ2v) is 7.50. The van der Waals surface area contributed by atoms with E-state index in [4.69, 9.17) is 11.6 Å². The van der Waals surface area contributed by atoms with Crippen LogP contribution in [0.1, 0.15) is 37.7 Å². The molecule has 5 rings (SSSR count). The van der Waals surface area contributed by atoms with Crippen molar-refractivity contribution in [2.75, 3.05) is 5.32 Å². The van der Waals surface area contributed by atoms with Gasteiger partial charge in [0.1, 0.15) is 0 Å². The van der Waals surface area contributed by atoms with Crippen LogP contribution < -0.4 is 5.32 Å². The smallest absolute Gasteiger partial charge is 0.228 e. The van der Waals surface area contributed by atoms with Crippen molar-refractivity contribution >= 4 is 23.2 Å². The Morgan fingerprint density at radius 1 is 1.05 bits per heavy atom. The summed E-state index contributed by atoms with van der Waals surface area (Å²) >= 11 is 5.97. The van der Waals surface area contributed by atoms with Crippen molar-refractivity contribution in [3.05, 3.63) is 29.8 Å². The monoisotopic (exact) mass is 303 g/mol. The number of hydrogen-bond acceptors (Lipinski definition) is 1. The van der Waals surface area contributed by atoms with Crippen LogP contribution in [-0.4, -0.2) is 5.91 Å². The van der Waals surface area contributed by atoms with Crippen LogP contribution in [0.4, 0.5) is 5.69 Å². The quantitative estimate of drug-likeness (QED) is 0.822. The molecule has 0 heterocycles. The number of benzene rings is 1. The number of halogens is 1. The highest BCUT2D eigenvalue weighted by molar-refractivity contribution is 6.17. The molecule has 4 saturated carbocycles. The molecule has 1 aromatic rings. The highest BCUT2D eigenvalue weighted by Crippen LogP contribution is 2.56. The van der Waals surface area contributed by atoms with E-state index in [0.29, 0.717) is 17.7 Å². The zero-order valence-corrected chi connectivity index (χ0v) is 13.0. The third-order valence-electron chi connectivity index (χ3n) is 5.95. The molecule has 4 aliphatic carbocycles. The molecule has 0 radical (unpaired) electrons. The van der Waals surface area contributed by atoms with Gasteiger partial charge in [0, 0.05) is 17.5 Å². The van der Waals surface area contributed by atoms with Gasteiger partial charge in [0.05, 0.1) is 0 Å². The first-order chi connectivity index (χ1) is 10.2. The van der Waals surface area contributed by atoms with Gasteiger partial charge in [-0.15, -0.1) is 11.6 Å². The van der Waals surface area contributed by atoms with Gasteiger partial charge >= 0.3 is 0 Å². The maximum Gasteiger partial charge on any atom is 0.228 e. The summed E-state index contributed by atoms with van der Waals surface area (Å²) in [5, 5.41) is 3.17. The number of alkyl halides is 1. The Balaban J connectivity index is 1.53. The molecular weight excluding hydrogens is 282 g/mol. The molecule has 0 aromatic heterocycles. The van der Waals surface area contributed by atoms with Crippen molar-refractivity contribution in [2.24, 2.45) is 29.6 Å². The summed E-state index contributed by atoms with van der Waals surface area (Å²) in [6.07, 6.45) is 6.55. The molecule has 1 aromatic carbocycles. The number of rotatable bonds is 3. The Labute approximate surface area is 131 Å². The molecular formula is C18H22ClNO. The van der Waals surface area contributed by atoms with Gasteiger partial charge in [-0.2, -0.15) is 0 Å². The summed E-state index contributed by atoms with van der Waals surface area (Å²) in [5.41, 5.74) is 1.91. The highest BCUT2D eigenvalue weighted by atomic mass is 35.5. The Morgan fingerprint density at radius 2 is 1.67 bits per heavy atom. The fraction of sp³-hybridized carbons (Fsp3) is 0.611. The molecule has 0 aliphatic heterocycles. The van der Waals surface area contributed by atoms with Crippen molar-refractivity contribution < 1.29 is 4.79 Å². The van der Waals surface area contributed by atoms with Gasteiger partial charge in [0.15, 0.2) is 0 Å². The number of amides is 1. The maximum atomic E-state index is 12.8. The number of carbonyl (C=O) groups excluding carboxylic acids is 1. The van der Waals surface area contributed by atoms with E-state index in [1.807, 2.05) is 24.3 Å². The van der Waals surface area contributed by atoms with Gasteiger partial charge in [-0.1, -0.05) is 18.2 Å². The van der Waals surface area contributed by atoms with Crippen molar-refractivity contribution in [2.45, 2.75) is 38.0 Å². The van der Waals surface area contributed by atoms with Gasteiger partial charge in [-0.25, -0.2) is 0 Å². The molecule has 1 amide bonds. The van der Waals surface area contributed by atoms with Gasteiger partial charge in [0.2, 0.25) is 5.91 Å². The number of nitrogens with one attached hydrogen (secondary N) is 1. The van der Waals surface area contributed by atoms with Crippen LogP contribution in [0.15, 0.2) is 24.3 Å². The molecule has 21 heavy (non-hydrogen) atoms.